The first-order valence-corrected chi connectivity index (χ1v) is 8.23. The van der Waals surface area contributed by atoms with Crippen LogP contribution in [-0.2, 0) is 16.8 Å². The highest BCUT2D eigenvalue weighted by molar-refractivity contribution is 7.90. The van der Waals surface area contributed by atoms with Crippen LogP contribution in [0.15, 0.2) is 42.5 Å². The van der Waals surface area contributed by atoms with Gasteiger partial charge in [0.2, 0.25) is 0 Å². The average Bonchev–Trinajstić information content (AvgIpc) is 2.39. The lowest BCUT2D eigenvalue weighted by Gasteiger charge is -2.10. The molecule has 2 aromatic carbocycles. The van der Waals surface area contributed by atoms with E-state index >= 15 is 0 Å². The molecule has 5 nitrogen and oxygen atoms in total. The van der Waals surface area contributed by atoms with Crippen LogP contribution < -0.4 is 15.2 Å². The molecule has 0 amide bonds. The molecule has 0 fully saturated rings. The second kappa shape index (κ2) is 6.53. The fourth-order valence-electron chi connectivity index (χ4n) is 1.74. The number of anilines is 2. The van der Waals surface area contributed by atoms with E-state index in [1.54, 1.807) is 30.3 Å². The monoisotopic (exact) mass is 345 g/mol. The van der Waals surface area contributed by atoms with E-state index < -0.39 is 10.2 Å². The van der Waals surface area contributed by atoms with Crippen molar-refractivity contribution >= 4 is 44.8 Å². The van der Waals surface area contributed by atoms with E-state index in [1.165, 1.54) is 0 Å². The van der Waals surface area contributed by atoms with Gasteiger partial charge >= 0.3 is 0 Å². The largest absolute Gasteiger partial charge is 0.381 e. The van der Waals surface area contributed by atoms with E-state index in [0.29, 0.717) is 22.3 Å². The Labute approximate surface area is 133 Å². The summed E-state index contributed by atoms with van der Waals surface area (Å²) in [6.45, 7) is 0.457. The molecule has 0 radical (unpaired) electrons. The van der Waals surface area contributed by atoms with Crippen molar-refractivity contribution in [3.8, 4) is 0 Å². The second-order valence-corrected chi connectivity index (χ2v) is 6.37. The van der Waals surface area contributed by atoms with Crippen LogP contribution in [0.1, 0.15) is 5.56 Å². The van der Waals surface area contributed by atoms with Gasteiger partial charge in [0.15, 0.2) is 0 Å². The Morgan fingerprint density at radius 1 is 1.05 bits per heavy atom. The van der Waals surface area contributed by atoms with Crippen LogP contribution in [0.3, 0.4) is 0 Å². The standard InChI is InChI=1S/C13H13Cl2N3O2S/c14-12-6-1-3-9(13(12)15)8-17-10-4-2-5-11(7-10)18-21(16,19)20/h1-7,17-18H,8H2,(H2,16,19,20). The maximum Gasteiger partial charge on any atom is 0.296 e. The van der Waals surface area contributed by atoms with Crippen LogP contribution in [0, 0.1) is 0 Å². The zero-order valence-electron chi connectivity index (χ0n) is 10.8. The van der Waals surface area contributed by atoms with Gasteiger partial charge in [-0.1, -0.05) is 41.4 Å². The van der Waals surface area contributed by atoms with Crippen LogP contribution in [0.4, 0.5) is 11.4 Å². The third-order valence-electron chi connectivity index (χ3n) is 2.64. The maximum absolute atomic E-state index is 11.0. The van der Waals surface area contributed by atoms with Gasteiger partial charge in [0.1, 0.15) is 0 Å². The first-order chi connectivity index (χ1) is 9.85. The molecule has 0 saturated carbocycles. The van der Waals surface area contributed by atoms with Crippen molar-refractivity contribution < 1.29 is 8.42 Å². The molecule has 2 aromatic rings. The molecule has 0 aromatic heterocycles. The predicted molar refractivity (Wildman–Crippen MR) is 87.0 cm³/mol. The van der Waals surface area contributed by atoms with E-state index in [1.807, 2.05) is 12.1 Å². The molecule has 0 aliphatic heterocycles. The minimum absolute atomic E-state index is 0.375. The molecule has 0 bridgehead atoms. The van der Waals surface area contributed by atoms with Gasteiger partial charge in [0.05, 0.1) is 15.7 Å². The first kappa shape index (κ1) is 15.9. The van der Waals surface area contributed by atoms with E-state index in [9.17, 15) is 8.42 Å². The second-order valence-electron chi connectivity index (χ2n) is 4.29. The fraction of sp³-hybridized carbons (Fsp3) is 0.0769. The van der Waals surface area contributed by atoms with Crippen molar-refractivity contribution in [2.24, 2.45) is 5.14 Å². The van der Waals surface area contributed by atoms with Crippen molar-refractivity contribution in [1.82, 2.24) is 0 Å². The number of nitrogens with one attached hydrogen (secondary N) is 2. The molecular weight excluding hydrogens is 333 g/mol. The summed E-state index contributed by atoms with van der Waals surface area (Å²) in [5, 5.41) is 9.04. The lowest BCUT2D eigenvalue weighted by Crippen LogP contribution is -2.21. The summed E-state index contributed by atoms with van der Waals surface area (Å²) in [5.74, 6) is 0. The van der Waals surface area contributed by atoms with E-state index in [-0.39, 0.29) is 0 Å². The molecule has 112 valence electrons. The molecule has 0 unspecified atom stereocenters. The summed E-state index contributed by atoms with van der Waals surface area (Å²) in [4.78, 5) is 0. The molecule has 0 aliphatic rings. The minimum atomic E-state index is -3.79. The van der Waals surface area contributed by atoms with Crippen LogP contribution in [-0.4, -0.2) is 8.42 Å². The zero-order valence-corrected chi connectivity index (χ0v) is 13.1. The Bertz CT molecular complexity index is 751. The third kappa shape index (κ3) is 4.78. The highest BCUT2D eigenvalue weighted by Crippen LogP contribution is 2.26. The van der Waals surface area contributed by atoms with Gasteiger partial charge in [0, 0.05) is 12.2 Å². The molecule has 0 spiro atoms. The Hall–Kier alpha value is -1.47. The number of halogens is 2. The van der Waals surface area contributed by atoms with Crippen molar-refractivity contribution in [1.29, 1.82) is 0 Å². The highest BCUT2D eigenvalue weighted by Gasteiger charge is 2.05. The molecule has 2 rings (SSSR count). The van der Waals surface area contributed by atoms with Gasteiger partial charge in [-0.05, 0) is 29.8 Å². The predicted octanol–water partition coefficient (Wildman–Crippen LogP) is 3.22. The Balaban J connectivity index is 2.10. The van der Waals surface area contributed by atoms with Gasteiger partial charge in [-0.2, -0.15) is 8.42 Å². The van der Waals surface area contributed by atoms with Crippen LogP contribution >= 0.6 is 23.2 Å². The Morgan fingerprint density at radius 3 is 2.43 bits per heavy atom. The number of hydrogen-bond donors (Lipinski definition) is 3. The number of nitrogens with two attached hydrogens (primary N) is 1. The Morgan fingerprint density at radius 2 is 1.71 bits per heavy atom. The quantitative estimate of drug-likeness (QED) is 0.777. The summed E-state index contributed by atoms with van der Waals surface area (Å²) >= 11 is 12.0. The first-order valence-electron chi connectivity index (χ1n) is 5.92. The normalized spacial score (nSPS) is 11.2. The fourth-order valence-corrected chi connectivity index (χ4v) is 2.58. The summed E-state index contributed by atoms with van der Waals surface area (Å²) in [5.41, 5.74) is 1.94. The number of benzene rings is 2. The molecule has 0 heterocycles. The summed E-state index contributed by atoms with van der Waals surface area (Å²) in [6.07, 6.45) is 0. The van der Waals surface area contributed by atoms with Gasteiger partial charge in [-0.3, -0.25) is 4.72 Å². The molecule has 0 aliphatic carbocycles. The van der Waals surface area contributed by atoms with Crippen LogP contribution in [0.5, 0.6) is 0 Å². The van der Waals surface area contributed by atoms with E-state index in [0.717, 1.165) is 11.3 Å². The van der Waals surface area contributed by atoms with E-state index in [2.05, 4.69) is 10.0 Å². The minimum Gasteiger partial charge on any atom is -0.381 e. The lowest BCUT2D eigenvalue weighted by atomic mass is 10.2. The number of hydrogen-bond acceptors (Lipinski definition) is 3. The molecule has 21 heavy (non-hydrogen) atoms. The smallest absolute Gasteiger partial charge is 0.296 e. The SMILES string of the molecule is NS(=O)(=O)Nc1cccc(NCc2cccc(Cl)c2Cl)c1. The average molecular weight is 346 g/mol. The summed E-state index contributed by atoms with van der Waals surface area (Å²) < 4.78 is 24.2. The molecule has 0 atom stereocenters. The zero-order chi connectivity index (χ0) is 15.5. The molecule has 0 saturated heterocycles. The van der Waals surface area contributed by atoms with Crippen LogP contribution in [0.25, 0.3) is 0 Å². The topological polar surface area (TPSA) is 84.2 Å². The Kier molecular flexibility index (Phi) is 4.95. The molecular formula is C13H13Cl2N3O2S. The van der Waals surface area contributed by atoms with Crippen molar-refractivity contribution in [3.05, 3.63) is 58.1 Å². The maximum atomic E-state index is 11.0. The van der Waals surface area contributed by atoms with Gasteiger partial charge in [-0.15, -0.1) is 0 Å². The van der Waals surface area contributed by atoms with Crippen LogP contribution in [0.2, 0.25) is 10.0 Å². The van der Waals surface area contributed by atoms with Crippen molar-refractivity contribution in [2.75, 3.05) is 10.0 Å². The number of rotatable bonds is 5. The van der Waals surface area contributed by atoms with Gasteiger partial charge in [-0.25, -0.2) is 5.14 Å². The van der Waals surface area contributed by atoms with Crippen molar-refractivity contribution in [3.63, 3.8) is 0 Å². The molecule has 8 heteroatoms. The lowest BCUT2D eigenvalue weighted by molar-refractivity contribution is 0.603. The van der Waals surface area contributed by atoms with Gasteiger partial charge < -0.3 is 5.32 Å². The summed E-state index contributed by atoms with van der Waals surface area (Å²) in [6, 6.07) is 12.1. The summed E-state index contributed by atoms with van der Waals surface area (Å²) in [7, 11) is -3.79. The van der Waals surface area contributed by atoms with Crippen molar-refractivity contribution in [2.45, 2.75) is 6.54 Å². The van der Waals surface area contributed by atoms with Gasteiger partial charge in [0.25, 0.3) is 10.2 Å². The molecule has 4 N–H and O–H groups in total. The third-order valence-corrected chi connectivity index (χ3v) is 4.02. The highest BCUT2D eigenvalue weighted by atomic mass is 35.5. The van der Waals surface area contributed by atoms with E-state index in [4.69, 9.17) is 28.3 Å².